The second-order valence-corrected chi connectivity index (χ2v) is 5.78. The van der Waals surface area contributed by atoms with Crippen LogP contribution in [0.2, 0.25) is 0 Å². The lowest BCUT2D eigenvalue weighted by Gasteiger charge is -2.35. The molecule has 1 saturated heterocycles. The zero-order valence-electron chi connectivity index (χ0n) is 10.1. The molecule has 2 fully saturated rings. The first kappa shape index (κ1) is 12.7. The summed E-state index contributed by atoms with van der Waals surface area (Å²) >= 11 is 4.53. The molecule has 94 valence electrons. The fourth-order valence-corrected chi connectivity index (χ4v) is 3.21. The van der Waals surface area contributed by atoms with Crippen molar-refractivity contribution in [2.24, 2.45) is 11.3 Å². The number of hydrogen-bond donors (Lipinski definition) is 1. The molecule has 1 atom stereocenters. The van der Waals surface area contributed by atoms with E-state index in [0.717, 1.165) is 32.2 Å². The Kier molecular flexibility index (Phi) is 4.98. The largest absolute Gasteiger partial charge is 0.381 e. The first-order valence-corrected chi connectivity index (χ1v) is 7.24. The predicted molar refractivity (Wildman–Crippen MR) is 69.1 cm³/mol. The topological polar surface area (TPSA) is 18.5 Å². The summed E-state index contributed by atoms with van der Waals surface area (Å²) in [6.07, 6.45) is 7.89. The van der Waals surface area contributed by atoms with Crippen LogP contribution in [0.25, 0.3) is 0 Å². The highest BCUT2D eigenvalue weighted by molar-refractivity contribution is 7.80. The van der Waals surface area contributed by atoms with Gasteiger partial charge in [0.25, 0.3) is 0 Å². The van der Waals surface area contributed by atoms with E-state index in [-0.39, 0.29) is 0 Å². The minimum absolute atomic E-state index is 0.376. The molecule has 16 heavy (non-hydrogen) atoms. The number of ether oxygens (including phenoxy) is 2. The summed E-state index contributed by atoms with van der Waals surface area (Å²) in [4.78, 5) is 0. The minimum atomic E-state index is 0.376. The van der Waals surface area contributed by atoms with E-state index in [2.05, 4.69) is 12.6 Å². The maximum atomic E-state index is 5.92. The van der Waals surface area contributed by atoms with E-state index in [4.69, 9.17) is 9.47 Å². The summed E-state index contributed by atoms with van der Waals surface area (Å²) < 4.78 is 11.3. The Morgan fingerprint density at radius 3 is 2.69 bits per heavy atom. The zero-order valence-corrected chi connectivity index (χ0v) is 11.0. The molecule has 2 rings (SSSR count). The van der Waals surface area contributed by atoms with E-state index in [9.17, 15) is 0 Å². The van der Waals surface area contributed by atoms with E-state index in [1.54, 1.807) is 0 Å². The second kappa shape index (κ2) is 6.27. The molecule has 1 aliphatic carbocycles. The molecule has 2 aliphatic rings. The van der Waals surface area contributed by atoms with Gasteiger partial charge in [0.1, 0.15) is 0 Å². The zero-order chi connectivity index (χ0) is 11.3. The van der Waals surface area contributed by atoms with Crippen LogP contribution in [0.5, 0.6) is 0 Å². The normalized spacial score (nSPS) is 29.4. The predicted octanol–water partition coefficient (Wildman–Crippen LogP) is 2.92. The third kappa shape index (κ3) is 3.38. The molecular formula is C13H24O2S. The summed E-state index contributed by atoms with van der Waals surface area (Å²) in [5.74, 6) is 1.62. The Bertz CT molecular complexity index is 196. The average molecular weight is 244 g/mol. The summed E-state index contributed by atoms with van der Waals surface area (Å²) in [5, 5.41) is 0. The molecule has 0 aromatic rings. The third-order valence-corrected chi connectivity index (χ3v) is 4.71. The molecule has 1 saturated carbocycles. The standard InChI is InChI=1S/C13H24O2S/c16-11-13(5-2-1-3-6-13)10-15-9-12-4-7-14-8-12/h12,16H,1-11H2. The van der Waals surface area contributed by atoms with Gasteiger partial charge in [0.05, 0.1) is 19.8 Å². The van der Waals surface area contributed by atoms with Crippen molar-refractivity contribution in [2.75, 3.05) is 32.2 Å². The van der Waals surface area contributed by atoms with Crippen LogP contribution in [0, 0.1) is 11.3 Å². The van der Waals surface area contributed by atoms with Gasteiger partial charge in [-0.1, -0.05) is 19.3 Å². The summed E-state index contributed by atoms with van der Waals surface area (Å²) in [6.45, 7) is 3.61. The molecule has 0 radical (unpaired) electrons. The number of rotatable bonds is 5. The Labute approximate surface area is 104 Å². The van der Waals surface area contributed by atoms with E-state index >= 15 is 0 Å². The van der Waals surface area contributed by atoms with Crippen LogP contribution in [0.4, 0.5) is 0 Å². The molecule has 0 aromatic heterocycles. The Hall–Kier alpha value is 0.270. The maximum Gasteiger partial charge on any atom is 0.0530 e. The summed E-state index contributed by atoms with van der Waals surface area (Å²) in [6, 6.07) is 0. The lowest BCUT2D eigenvalue weighted by molar-refractivity contribution is 0.0154. The van der Waals surface area contributed by atoms with Gasteiger partial charge in [-0.2, -0.15) is 12.6 Å². The van der Waals surface area contributed by atoms with Crippen LogP contribution in [0.1, 0.15) is 38.5 Å². The van der Waals surface area contributed by atoms with Crippen molar-refractivity contribution in [1.29, 1.82) is 0 Å². The first-order chi connectivity index (χ1) is 7.85. The van der Waals surface area contributed by atoms with Crippen molar-refractivity contribution in [3.63, 3.8) is 0 Å². The lowest BCUT2D eigenvalue weighted by atomic mass is 9.76. The monoisotopic (exact) mass is 244 g/mol. The van der Waals surface area contributed by atoms with Crippen LogP contribution in [-0.4, -0.2) is 32.2 Å². The van der Waals surface area contributed by atoms with Crippen molar-refractivity contribution < 1.29 is 9.47 Å². The van der Waals surface area contributed by atoms with Gasteiger partial charge in [-0.15, -0.1) is 0 Å². The quantitative estimate of drug-likeness (QED) is 0.750. The van der Waals surface area contributed by atoms with Gasteiger partial charge in [0, 0.05) is 17.9 Å². The van der Waals surface area contributed by atoms with E-state index in [0.29, 0.717) is 11.3 Å². The van der Waals surface area contributed by atoms with Crippen molar-refractivity contribution in [1.82, 2.24) is 0 Å². The van der Waals surface area contributed by atoms with Crippen molar-refractivity contribution in [3.8, 4) is 0 Å². The Balaban J connectivity index is 1.69. The van der Waals surface area contributed by atoms with Crippen molar-refractivity contribution in [3.05, 3.63) is 0 Å². The van der Waals surface area contributed by atoms with Gasteiger partial charge in [0.15, 0.2) is 0 Å². The van der Waals surface area contributed by atoms with E-state index in [1.165, 1.54) is 38.5 Å². The van der Waals surface area contributed by atoms with E-state index < -0.39 is 0 Å². The van der Waals surface area contributed by atoms with Crippen LogP contribution >= 0.6 is 12.6 Å². The van der Waals surface area contributed by atoms with Gasteiger partial charge in [-0.05, 0) is 25.0 Å². The Morgan fingerprint density at radius 2 is 2.06 bits per heavy atom. The second-order valence-electron chi connectivity index (χ2n) is 5.46. The maximum absolute atomic E-state index is 5.92. The average Bonchev–Trinajstić information content (AvgIpc) is 2.83. The summed E-state index contributed by atoms with van der Waals surface area (Å²) in [5.41, 5.74) is 0.376. The fourth-order valence-electron chi connectivity index (χ4n) is 2.81. The molecule has 0 aromatic carbocycles. The minimum Gasteiger partial charge on any atom is -0.381 e. The third-order valence-electron chi connectivity index (χ3n) is 4.04. The highest BCUT2D eigenvalue weighted by atomic mass is 32.1. The SMILES string of the molecule is SCC1(COCC2CCOC2)CCCCC1. The van der Waals surface area contributed by atoms with Gasteiger partial charge in [-0.25, -0.2) is 0 Å². The van der Waals surface area contributed by atoms with Gasteiger partial charge in [-0.3, -0.25) is 0 Å². The van der Waals surface area contributed by atoms with Crippen molar-refractivity contribution >= 4 is 12.6 Å². The van der Waals surface area contributed by atoms with Gasteiger partial charge < -0.3 is 9.47 Å². The lowest BCUT2D eigenvalue weighted by Crippen LogP contribution is -2.32. The highest BCUT2D eigenvalue weighted by Gasteiger charge is 2.31. The number of thiol groups is 1. The highest BCUT2D eigenvalue weighted by Crippen LogP contribution is 2.37. The van der Waals surface area contributed by atoms with Gasteiger partial charge >= 0.3 is 0 Å². The molecule has 1 unspecified atom stereocenters. The Morgan fingerprint density at radius 1 is 1.25 bits per heavy atom. The first-order valence-electron chi connectivity index (χ1n) is 6.61. The fraction of sp³-hybridized carbons (Fsp3) is 1.00. The van der Waals surface area contributed by atoms with Crippen LogP contribution < -0.4 is 0 Å². The number of hydrogen-bond acceptors (Lipinski definition) is 3. The molecule has 1 aliphatic heterocycles. The molecule has 1 heterocycles. The van der Waals surface area contributed by atoms with E-state index in [1.807, 2.05) is 0 Å². The van der Waals surface area contributed by atoms with Crippen molar-refractivity contribution in [2.45, 2.75) is 38.5 Å². The van der Waals surface area contributed by atoms with Crippen LogP contribution in [0.15, 0.2) is 0 Å². The molecule has 0 bridgehead atoms. The van der Waals surface area contributed by atoms with Crippen LogP contribution in [-0.2, 0) is 9.47 Å². The molecule has 3 heteroatoms. The smallest absolute Gasteiger partial charge is 0.0530 e. The van der Waals surface area contributed by atoms with Crippen LogP contribution in [0.3, 0.4) is 0 Å². The molecule has 0 N–H and O–H groups in total. The van der Waals surface area contributed by atoms with Gasteiger partial charge in [0.2, 0.25) is 0 Å². The molecule has 0 amide bonds. The molecule has 2 nitrogen and oxygen atoms in total. The molecular weight excluding hydrogens is 220 g/mol. The molecule has 0 spiro atoms. The summed E-state index contributed by atoms with van der Waals surface area (Å²) in [7, 11) is 0.